The van der Waals surface area contributed by atoms with Gasteiger partial charge in [0, 0.05) is 0 Å². The fraction of sp³-hybridized carbons (Fsp3) is 0.857. The normalized spacial score (nSPS) is 41.3. The number of aliphatic hydroxyl groups excluding tert-OH is 4. The molecule has 0 radical (unpaired) electrons. The predicted octanol–water partition coefficient (Wildman–Crippen LogP) is -2.41. The van der Waals surface area contributed by atoms with Gasteiger partial charge in [-0.25, -0.2) is 0 Å². The number of ether oxygens (including phenoxy) is 1. The van der Waals surface area contributed by atoms with Gasteiger partial charge in [0.05, 0.1) is 6.61 Å². The van der Waals surface area contributed by atoms with Crippen molar-refractivity contribution in [2.75, 3.05) is 6.61 Å². The fourth-order valence-electron chi connectivity index (χ4n) is 1.40. The standard InChI is InChI=1S/C7H13NO5S2/c9-1-2-4(10)5(11)3(6(12)13-2)8-7(14)15/h2-6,9-12H,1H2,(H2,8,14,15)/t2-,3-,4-,5-,6-/m1/s1. The molecule has 0 saturated carbocycles. The molecule has 6 nitrogen and oxygen atoms in total. The van der Waals surface area contributed by atoms with Gasteiger partial charge in [0.1, 0.15) is 28.7 Å². The molecule has 0 bridgehead atoms. The predicted molar refractivity (Wildman–Crippen MR) is 58.5 cm³/mol. The van der Waals surface area contributed by atoms with Gasteiger partial charge in [-0.05, 0) is 0 Å². The molecule has 5 atom stereocenters. The van der Waals surface area contributed by atoms with E-state index in [1.165, 1.54) is 0 Å². The maximum absolute atomic E-state index is 9.60. The number of hydrogen-bond acceptors (Lipinski definition) is 6. The Kier molecular flexibility index (Phi) is 4.71. The Morgan fingerprint density at radius 3 is 2.40 bits per heavy atom. The first-order valence-corrected chi connectivity index (χ1v) is 5.13. The van der Waals surface area contributed by atoms with Crippen LogP contribution in [0.1, 0.15) is 0 Å². The van der Waals surface area contributed by atoms with E-state index < -0.39 is 37.3 Å². The lowest BCUT2D eigenvalue weighted by Crippen LogP contribution is -2.63. The van der Waals surface area contributed by atoms with Gasteiger partial charge in [0.2, 0.25) is 0 Å². The molecule has 1 aliphatic rings. The van der Waals surface area contributed by atoms with Gasteiger partial charge in [-0.15, -0.1) is 12.6 Å². The van der Waals surface area contributed by atoms with E-state index in [1.54, 1.807) is 0 Å². The largest absolute Gasteiger partial charge is 0.394 e. The van der Waals surface area contributed by atoms with Gasteiger partial charge in [0.25, 0.3) is 0 Å². The summed E-state index contributed by atoms with van der Waals surface area (Å²) in [5.74, 6) is 0. The zero-order chi connectivity index (χ0) is 11.6. The number of thiocarbonyl (C=S) groups is 1. The summed E-state index contributed by atoms with van der Waals surface area (Å²) in [5.41, 5.74) is 0. The highest BCUT2D eigenvalue weighted by atomic mass is 32.1. The van der Waals surface area contributed by atoms with Crippen molar-refractivity contribution in [1.82, 2.24) is 5.32 Å². The molecule has 0 amide bonds. The van der Waals surface area contributed by atoms with Crippen LogP contribution < -0.4 is 5.32 Å². The van der Waals surface area contributed by atoms with E-state index in [0.29, 0.717) is 0 Å². The highest BCUT2D eigenvalue weighted by Crippen LogP contribution is 2.19. The molecule has 1 fully saturated rings. The summed E-state index contributed by atoms with van der Waals surface area (Å²) < 4.78 is 4.94. The minimum Gasteiger partial charge on any atom is -0.394 e. The van der Waals surface area contributed by atoms with Crippen LogP contribution >= 0.6 is 24.8 Å². The molecular weight excluding hydrogens is 242 g/mol. The van der Waals surface area contributed by atoms with Crippen molar-refractivity contribution in [3.8, 4) is 0 Å². The monoisotopic (exact) mass is 255 g/mol. The van der Waals surface area contributed by atoms with E-state index in [1.807, 2.05) is 0 Å². The van der Waals surface area contributed by atoms with E-state index in [2.05, 4.69) is 30.2 Å². The summed E-state index contributed by atoms with van der Waals surface area (Å²) in [6, 6.07) is -0.965. The molecule has 88 valence electrons. The second kappa shape index (κ2) is 5.39. The average Bonchev–Trinajstić information content (AvgIpc) is 2.18. The van der Waals surface area contributed by atoms with Gasteiger partial charge >= 0.3 is 0 Å². The van der Waals surface area contributed by atoms with Crippen LogP contribution in [0.15, 0.2) is 0 Å². The molecule has 0 spiro atoms. The van der Waals surface area contributed by atoms with Crippen LogP contribution in [-0.2, 0) is 4.74 Å². The van der Waals surface area contributed by atoms with Crippen molar-refractivity contribution in [2.24, 2.45) is 0 Å². The quantitative estimate of drug-likeness (QED) is 0.241. The van der Waals surface area contributed by atoms with Gasteiger partial charge in [-0.2, -0.15) is 0 Å². The summed E-state index contributed by atoms with van der Waals surface area (Å²) >= 11 is 8.40. The lowest BCUT2D eigenvalue weighted by molar-refractivity contribution is -0.251. The maximum atomic E-state index is 9.60. The maximum Gasteiger partial charge on any atom is 0.178 e. The molecule has 15 heavy (non-hydrogen) atoms. The van der Waals surface area contributed by atoms with E-state index in [0.717, 1.165) is 0 Å². The summed E-state index contributed by atoms with van der Waals surface area (Å²) in [7, 11) is 0. The second-order valence-electron chi connectivity index (χ2n) is 3.20. The van der Waals surface area contributed by atoms with Crippen LogP contribution in [0.2, 0.25) is 0 Å². The highest BCUT2D eigenvalue weighted by Gasteiger charge is 2.43. The average molecular weight is 255 g/mol. The molecule has 1 rings (SSSR count). The van der Waals surface area contributed by atoms with Crippen molar-refractivity contribution in [2.45, 2.75) is 30.6 Å². The Labute approximate surface area is 97.3 Å². The lowest BCUT2D eigenvalue weighted by Gasteiger charge is -2.40. The molecule has 1 saturated heterocycles. The third-order valence-corrected chi connectivity index (χ3v) is 2.44. The molecule has 0 aromatic rings. The molecule has 0 aromatic heterocycles. The van der Waals surface area contributed by atoms with Crippen LogP contribution in [-0.4, -0.2) is 62.0 Å². The third kappa shape index (κ3) is 3.00. The zero-order valence-corrected chi connectivity index (χ0v) is 9.36. The van der Waals surface area contributed by atoms with Crippen molar-refractivity contribution in [1.29, 1.82) is 0 Å². The third-order valence-electron chi connectivity index (χ3n) is 2.19. The zero-order valence-electron chi connectivity index (χ0n) is 7.65. The van der Waals surface area contributed by atoms with Crippen molar-refractivity contribution >= 4 is 29.2 Å². The first-order valence-electron chi connectivity index (χ1n) is 4.27. The summed E-state index contributed by atoms with van der Waals surface area (Å²) in [6.07, 6.45) is -4.97. The van der Waals surface area contributed by atoms with E-state index in [4.69, 9.17) is 9.84 Å². The van der Waals surface area contributed by atoms with Crippen LogP contribution in [0.25, 0.3) is 0 Å². The lowest BCUT2D eigenvalue weighted by atomic mass is 9.97. The first kappa shape index (κ1) is 13.1. The van der Waals surface area contributed by atoms with Gasteiger partial charge in [-0.1, -0.05) is 12.2 Å². The minimum absolute atomic E-state index is 0.0661. The number of nitrogens with one attached hydrogen (secondary N) is 1. The van der Waals surface area contributed by atoms with Crippen molar-refractivity contribution in [3.05, 3.63) is 0 Å². The van der Waals surface area contributed by atoms with Crippen LogP contribution in [0.4, 0.5) is 0 Å². The molecule has 0 aromatic carbocycles. The number of hydrogen-bond donors (Lipinski definition) is 6. The van der Waals surface area contributed by atoms with Crippen LogP contribution in [0.5, 0.6) is 0 Å². The van der Waals surface area contributed by atoms with Crippen LogP contribution in [0, 0.1) is 0 Å². The molecule has 0 unspecified atom stereocenters. The van der Waals surface area contributed by atoms with Gasteiger partial charge in [-0.3, -0.25) is 0 Å². The molecule has 1 aliphatic heterocycles. The minimum atomic E-state index is -1.37. The van der Waals surface area contributed by atoms with E-state index in [9.17, 15) is 15.3 Å². The Bertz CT molecular complexity index is 241. The topological polar surface area (TPSA) is 102 Å². The number of thiol groups is 1. The summed E-state index contributed by atoms with van der Waals surface area (Å²) in [6.45, 7) is -0.493. The van der Waals surface area contributed by atoms with Crippen LogP contribution in [0.3, 0.4) is 0 Å². The van der Waals surface area contributed by atoms with E-state index >= 15 is 0 Å². The number of rotatable bonds is 2. The van der Waals surface area contributed by atoms with Gasteiger partial charge < -0.3 is 30.5 Å². The second-order valence-corrected chi connectivity index (χ2v) is 4.36. The molecular formula is C7H13NO5S2. The summed E-state index contributed by atoms with van der Waals surface area (Å²) in [5, 5.41) is 39.8. The Morgan fingerprint density at radius 1 is 1.33 bits per heavy atom. The van der Waals surface area contributed by atoms with Crippen molar-refractivity contribution in [3.63, 3.8) is 0 Å². The molecule has 8 heteroatoms. The highest BCUT2D eigenvalue weighted by molar-refractivity contribution is 8.11. The summed E-state index contributed by atoms with van der Waals surface area (Å²) in [4.78, 5) is 0. The van der Waals surface area contributed by atoms with Gasteiger partial charge in [0.15, 0.2) is 6.29 Å². The Hall–Kier alpha value is 0.0400. The molecule has 5 N–H and O–H groups in total. The molecule has 0 aliphatic carbocycles. The Balaban J connectivity index is 2.70. The fourth-order valence-corrected chi connectivity index (χ4v) is 1.68. The molecule has 1 heterocycles. The van der Waals surface area contributed by atoms with Crippen molar-refractivity contribution < 1.29 is 25.2 Å². The Morgan fingerprint density at radius 2 is 1.93 bits per heavy atom. The van der Waals surface area contributed by atoms with E-state index in [-0.39, 0.29) is 4.32 Å². The number of aliphatic hydroxyl groups is 4. The smallest absolute Gasteiger partial charge is 0.178 e. The first-order chi connectivity index (χ1) is 6.97. The SMILES string of the molecule is OC[C@H]1O[C@@H](O)[C@H](NC(=S)S)[C@@H](O)[C@@H]1O.